The Morgan fingerprint density at radius 3 is 2.50 bits per heavy atom. The molecule has 1 rings (SSSR count). The van der Waals surface area contributed by atoms with Crippen molar-refractivity contribution >= 4 is 17.3 Å². The highest BCUT2D eigenvalue weighted by Crippen LogP contribution is 2.20. The smallest absolute Gasteiger partial charge is 0.241 e. The van der Waals surface area contributed by atoms with E-state index in [4.69, 9.17) is 5.73 Å². The van der Waals surface area contributed by atoms with E-state index >= 15 is 0 Å². The van der Waals surface area contributed by atoms with Crippen molar-refractivity contribution in [2.75, 3.05) is 17.3 Å². The summed E-state index contributed by atoms with van der Waals surface area (Å²) >= 11 is 0. The first kappa shape index (κ1) is 16.5. The molecular weight excluding hydrogens is 250 g/mol. The van der Waals surface area contributed by atoms with Crippen LogP contribution in [-0.2, 0) is 4.79 Å². The molecule has 0 aliphatic rings. The molecule has 0 spiro atoms. The Bertz CT molecular complexity index is 443. The zero-order valence-electron chi connectivity index (χ0n) is 13.2. The minimum atomic E-state index is -0.457. The SMILES string of the molecule is CC(C)C[C@H](N)C(=O)Nc1cccc(N(C)C(C)C)c1. The zero-order valence-corrected chi connectivity index (χ0v) is 13.2. The van der Waals surface area contributed by atoms with Crippen LogP contribution < -0.4 is 16.0 Å². The maximum atomic E-state index is 12.0. The number of nitrogens with one attached hydrogen (secondary N) is 1. The zero-order chi connectivity index (χ0) is 15.3. The molecule has 3 N–H and O–H groups in total. The van der Waals surface area contributed by atoms with Gasteiger partial charge in [-0.2, -0.15) is 0 Å². The molecule has 4 heteroatoms. The van der Waals surface area contributed by atoms with Gasteiger partial charge in [0.15, 0.2) is 0 Å². The first-order chi connectivity index (χ1) is 9.31. The van der Waals surface area contributed by atoms with Crippen LogP contribution in [-0.4, -0.2) is 25.0 Å². The molecule has 0 saturated heterocycles. The van der Waals surface area contributed by atoms with Gasteiger partial charge in [0.2, 0.25) is 5.91 Å². The first-order valence-corrected chi connectivity index (χ1v) is 7.20. The molecule has 0 fully saturated rings. The highest BCUT2D eigenvalue weighted by molar-refractivity contribution is 5.95. The minimum Gasteiger partial charge on any atom is -0.372 e. The topological polar surface area (TPSA) is 58.4 Å². The fraction of sp³-hybridized carbons (Fsp3) is 0.562. The maximum absolute atomic E-state index is 12.0. The Morgan fingerprint density at radius 1 is 1.30 bits per heavy atom. The molecule has 112 valence electrons. The Balaban J connectivity index is 2.73. The van der Waals surface area contributed by atoms with E-state index in [-0.39, 0.29) is 5.91 Å². The molecule has 0 heterocycles. The Kier molecular flexibility index (Phi) is 6.02. The summed E-state index contributed by atoms with van der Waals surface area (Å²) in [6.07, 6.45) is 0.692. The number of nitrogens with two attached hydrogens (primary N) is 1. The summed E-state index contributed by atoms with van der Waals surface area (Å²) < 4.78 is 0. The summed E-state index contributed by atoms with van der Waals surface area (Å²) in [6, 6.07) is 7.78. The summed E-state index contributed by atoms with van der Waals surface area (Å²) in [4.78, 5) is 14.2. The molecule has 1 aromatic carbocycles. The number of benzene rings is 1. The van der Waals surface area contributed by atoms with Gasteiger partial charge in [0.1, 0.15) is 0 Å². The molecule has 0 saturated carbocycles. The van der Waals surface area contributed by atoms with Gasteiger partial charge in [-0.1, -0.05) is 19.9 Å². The summed E-state index contributed by atoms with van der Waals surface area (Å²) in [5, 5.41) is 2.89. The molecule has 20 heavy (non-hydrogen) atoms. The Hall–Kier alpha value is -1.55. The van der Waals surface area contributed by atoms with E-state index in [1.54, 1.807) is 0 Å². The minimum absolute atomic E-state index is 0.122. The molecule has 0 aliphatic carbocycles. The van der Waals surface area contributed by atoms with Crippen molar-refractivity contribution in [3.63, 3.8) is 0 Å². The Labute approximate surface area is 122 Å². The number of rotatable bonds is 6. The molecule has 0 aliphatic heterocycles. The first-order valence-electron chi connectivity index (χ1n) is 7.20. The monoisotopic (exact) mass is 277 g/mol. The van der Waals surface area contributed by atoms with Crippen LogP contribution >= 0.6 is 0 Å². The molecular formula is C16H27N3O. The van der Waals surface area contributed by atoms with Crippen LogP contribution in [0.1, 0.15) is 34.1 Å². The predicted molar refractivity (Wildman–Crippen MR) is 86.0 cm³/mol. The van der Waals surface area contributed by atoms with E-state index < -0.39 is 6.04 Å². The number of hydrogen-bond acceptors (Lipinski definition) is 3. The third-order valence-electron chi connectivity index (χ3n) is 3.36. The average Bonchev–Trinajstić information content (AvgIpc) is 2.37. The molecule has 0 bridgehead atoms. The van der Waals surface area contributed by atoms with Gasteiger partial charge >= 0.3 is 0 Å². The number of nitrogens with zero attached hydrogens (tertiary/aromatic N) is 1. The van der Waals surface area contributed by atoms with Crippen LogP contribution in [0.3, 0.4) is 0 Å². The predicted octanol–water partition coefficient (Wildman–Crippen LogP) is 2.84. The normalized spacial score (nSPS) is 12.6. The fourth-order valence-corrected chi connectivity index (χ4v) is 1.95. The van der Waals surface area contributed by atoms with Crippen molar-refractivity contribution in [3.05, 3.63) is 24.3 Å². The summed E-state index contributed by atoms with van der Waals surface area (Å²) in [5.74, 6) is 0.289. The summed E-state index contributed by atoms with van der Waals surface area (Å²) in [6.45, 7) is 8.38. The highest BCUT2D eigenvalue weighted by Gasteiger charge is 2.15. The van der Waals surface area contributed by atoms with Crippen molar-refractivity contribution in [1.29, 1.82) is 0 Å². The van der Waals surface area contributed by atoms with Crippen molar-refractivity contribution in [3.8, 4) is 0 Å². The van der Waals surface area contributed by atoms with Crippen molar-refractivity contribution in [2.45, 2.75) is 46.2 Å². The van der Waals surface area contributed by atoms with Crippen LogP contribution in [0.2, 0.25) is 0 Å². The number of amides is 1. The van der Waals surface area contributed by atoms with Crippen molar-refractivity contribution < 1.29 is 4.79 Å². The third kappa shape index (κ3) is 4.85. The molecule has 0 unspecified atom stereocenters. The van der Waals surface area contributed by atoms with E-state index in [0.717, 1.165) is 11.4 Å². The third-order valence-corrected chi connectivity index (χ3v) is 3.36. The van der Waals surface area contributed by atoms with Gasteiger partial charge in [-0.3, -0.25) is 4.79 Å². The van der Waals surface area contributed by atoms with Gasteiger partial charge in [-0.25, -0.2) is 0 Å². The molecule has 1 amide bonds. The lowest BCUT2D eigenvalue weighted by atomic mass is 10.0. The van der Waals surface area contributed by atoms with E-state index in [9.17, 15) is 4.79 Å². The average molecular weight is 277 g/mol. The molecule has 1 aromatic rings. The number of anilines is 2. The van der Waals surface area contributed by atoms with Gasteiger partial charge in [0.05, 0.1) is 6.04 Å². The second kappa shape index (κ2) is 7.29. The van der Waals surface area contributed by atoms with Crippen LogP contribution in [0.4, 0.5) is 11.4 Å². The number of carbonyl (C=O) groups excluding carboxylic acids is 1. The standard InChI is InChI=1S/C16H27N3O/c1-11(2)9-15(17)16(20)18-13-7-6-8-14(10-13)19(5)12(3)4/h6-8,10-12,15H,9,17H2,1-5H3,(H,18,20)/t15-/m0/s1. The Morgan fingerprint density at radius 2 is 1.95 bits per heavy atom. The van der Waals surface area contributed by atoms with E-state index in [1.807, 2.05) is 31.3 Å². The molecule has 0 aromatic heterocycles. The highest BCUT2D eigenvalue weighted by atomic mass is 16.2. The van der Waals surface area contributed by atoms with Crippen molar-refractivity contribution in [2.24, 2.45) is 11.7 Å². The van der Waals surface area contributed by atoms with Crippen LogP contribution in [0.5, 0.6) is 0 Å². The lowest BCUT2D eigenvalue weighted by molar-refractivity contribution is -0.117. The quantitative estimate of drug-likeness (QED) is 0.840. The second-order valence-electron chi connectivity index (χ2n) is 5.98. The number of carbonyl (C=O) groups is 1. The van der Waals surface area contributed by atoms with Gasteiger partial charge in [0.25, 0.3) is 0 Å². The van der Waals surface area contributed by atoms with Crippen LogP contribution in [0.25, 0.3) is 0 Å². The van der Waals surface area contributed by atoms with Gasteiger partial charge in [-0.15, -0.1) is 0 Å². The van der Waals surface area contributed by atoms with Crippen molar-refractivity contribution in [1.82, 2.24) is 0 Å². The van der Waals surface area contributed by atoms with Gasteiger partial charge in [0, 0.05) is 24.5 Å². The fourth-order valence-electron chi connectivity index (χ4n) is 1.95. The molecule has 4 nitrogen and oxygen atoms in total. The largest absolute Gasteiger partial charge is 0.372 e. The van der Waals surface area contributed by atoms with E-state index in [2.05, 4.69) is 37.9 Å². The lowest BCUT2D eigenvalue weighted by Crippen LogP contribution is -2.36. The second-order valence-corrected chi connectivity index (χ2v) is 5.98. The van der Waals surface area contributed by atoms with Crippen LogP contribution in [0.15, 0.2) is 24.3 Å². The summed E-state index contributed by atoms with van der Waals surface area (Å²) in [7, 11) is 2.04. The molecule has 1 atom stereocenters. The maximum Gasteiger partial charge on any atom is 0.241 e. The number of hydrogen-bond donors (Lipinski definition) is 2. The lowest BCUT2D eigenvalue weighted by Gasteiger charge is -2.24. The van der Waals surface area contributed by atoms with E-state index in [0.29, 0.717) is 18.4 Å². The summed E-state index contributed by atoms with van der Waals surface area (Å²) in [5.41, 5.74) is 7.76. The van der Waals surface area contributed by atoms with Gasteiger partial charge < -0.3 is 16.0 Å². The molecule has 0 radical (unpaired) electrons. The van der Waals surface area contributed by atoms with Gasteiger partial charge in [-0.05, 0) is 44.4 Å². The van der Waals surface area contributed by atoms with E-state index in [1.165, 1.54) is 0 Å². The van der Waals surface area contributed by atoms with Crippen LogP contribution in [0, 0.1) is 5.92 Å².